The van der Waals surface area contributed by atoms with Gasteiger partial charge in [0.15, 0.2) is 0 Å². The van der Waals surface area contributed by atoms with Crippen LogP contribution in [0.15, 0.2) is 47.4 Å². The topological polar surface area (TPSA) is 52.7 Å². The van der Waals surface area contributed by atoms with Crippen LogP contribution in [0.2, 0.25) is 0 Å². The number of amides is 2. The lowest BCUT2D eigenvalue weighted by molar-refractivity contribution is -0.143. The molecule has 142 valence electrons. The van der Waals surface area contributed by atoms with E-state index in [-0.39, 0.29) is 0 Å². The Labute approximate surface area is 164 Å². The van der Waals surface area contributed by atoms with Crippen molar-refractivity contribution < 1.29 is 9.59 Å². The van der Waals surface area contributed by atoms with Crippen molar-refractivity contribution >= 4 is 35.0 Å². The Kier molecular flexibility index (Phi) is 6.06. The van der Waals surface area contributed by atoms with Gasteiger partial charge in [-0.1, -0.05) is 18.2 Å². The van der Waals surface area contributed by atoms with E-state index in [0.29, 0.717) is 18.8 Å². The van der Waals surface area contributed by atoms with E-state index in [2.05, 4.69) is 42.3 Å². The molecule has 2 aromatic carbocycles. The van der Waals surface area contributed by atoms with E-state index in [1.165, 1.54) is 16.8 Å². The van der Waals surface area contributed by atoms with Crippen LogP contribution in [0.1, 0.15) is 11.1 Å². The molecule has 0 unspecified atom stereocenters. The van der Waals surface area contributed by atoms with Gasteiger partial charge in [-0.05, 0) is 55.5 Å². The molecule has 0 aromatic heterocycles. The molecule has 0 saturated carbocycles. The zero-order valence-corrected chi connectivity index (χ0v) is 16.8. The number of rotatable bonds is 3. The number of benzene rings is 2. The summed E-state index contributed by atoms with van der Waals surface area (Å²) in [4.78, 5) is 29.8. The predicted molar refractivity (Wildman–Crippen MR) is 112 cm³/mol. The molecule has 0 aliphatic carbocycles. The predicted octanol–water partition coefficient (Wildman–Crippen LogP) is 3.31. The summed E-state index contributed by atoms with van der Waals surface area (Å²) >= 11 is 1.59. The number of piperazine rings is 1. The number of anilines is 2. The van der Waals surface area contributed by atoms with Crippen molar-refractivity contribution in [1.82, 2.24) is 4.90 Å². The number of hydrogen-bond acceptors (Lipinski definition) is 4. The third-order valence-electron chi connectivity index (χ3n) is 5.01. The maximum Gasteiger partial charge on any atom is 0.313 e. The highest BCUT2D eigenvalue weighted by molar-refractivity contribution is 7.98. The van der Waals surface area contributed by atoms with Crippen molar-refractivity contribution in [3.8, 4) is 0 Å². The number of nitrogens with one attached hydrogen (secondary N) is 1. The number of carbonyl (C=O) groups is 2. The van der Waals surface area contributed by atoms with Crippen LogP contribution in [-0.4, -0.2) is 49.1 Å². The summed E-state index contributed by atoms with van der Waals surface area (Å²) in [7, 11) is 0. The number of aryl methyl sites for hydroxylation is 1. The Morgan fingerprint density at radius 1 is 1.00 bits per heavy atom. The molecule has 3 rings (SSSR count). The monoisotopic (exact) mass is 383 g/mol. The third-order valence-corrected chi connectivity index (χ3v) is 5.73. The van der Waals surface area contributed by atoms with Gasteiger partial charge in [-0.15, -0.1) is 11.8 Å². The molecular weight excluding hydrogens is 358 g/mol. The summed E-state index contributed by atoms with van der Waals surface area (Å²) in [6, 6.07) is 13.8. The van der Waals surface area contributed by atoms with Crippen LogP contribution >= 0.6 is 11.8 Å². The van der Waals surface area contributed by atoms with E-state index in [9.17, 15) is 9.59 Å². The second kappa shape index (κ2) is 8.48. The standard InChI is InChI=1S/C21H25N3O2S/c1-15-6-4-9-19(16(15)2)23-10-12-24(13-11-23)21(26)20(25)22-17-7-5-8-18(14-17)27-3/h4-9,14H,10-13H2,1-3H3,(H,22,25). The highest BCUT2D eigenvalue weighted by atomic mass is 32.2. The van der Waals surface area contributed by atoms with Gasteiger partial charge < -0.3 is 15.1 Å². The summed E-state index contributed by atoms with van der Waals surface area (Å²) in [5.41, 5.74) is 4.39. The first-order valence-corrected chi connectivity index (χ1v) is 10.3. The number of hydrogen-bond donors (Lipinski definition) is 1. The van der Waals surface area contributed by atoms with E-state index < -0.39 is 11.8 Å². The van der Waals surface area contributed by atoms with Crippen LogP contribution in [0.4, 0.5) is 11.4 Å². The van der Waals surface area contributed by atoms with Crippen molar-refractivity contribution in [3.05, 3.63) is 53.6 Å². The first-order valence-electron chi connectivity index (χ1n) is 9.05. The van der Waals surface area contributed by atoms with E-state index in [4.69, 9.17) is 0 Å². The second-order valence-electron chi connectivity index (χ2n) is 6.68. The minimum atomic E-state index is -0.576. The zero-order chi connectivity index (χ0) is 19.4. The largest absolute Gasteiger partial charge is 0.368 e. The maximum atomic E-state index is 12.5. The zero-order valence-electron chi connectivity index (χ0n) is 16.0. The van der Waals surface area contributed by atoms with Gasteiger partial charge in [0.25, 0.3) is 0 Å². The Balaban J connectivity index is 1.59. The second-order valence-corrected chi connectivity index (χ2v) is 7.56. The molecule has 2 amide bonds. The van der Waals surface area contributed by atoms with Crippen molar-refractivity contribution in [2.75, 3.05) is 42.7 Å². The lowest BCUT2D eigenvalue weighted by atomic mass is 10.1. The van der Waals surface area contributed by atoms with Crippen LogP contribution in [0.3, 0.4) is 0 Å². The fourth-order valence-corrected chi connectivity index (χ4v) is 3.72. The first kappa shape index (κ1) is 19.3. The molecule has 5 nitrogen and oxygen atoms in total. The molecular formula is C21H25N3O2S. The minimum Gasteiger partial charge on any atom is -0.368 e. The van der Waals surface area contributed by atoms with E-state index in [1.54, 1.807) is 22.7 Å². The van der Waals surface area contributed by atoms with Gasteiger partial charge in [0.2, 0.25) is 0 Å². The maximum absolute atomic E-state index is 12.5. The minimum absolute atomic E-state index is 0.467. The average Bonchev–Trinajstić information content (AvgIpc) is 2.70. The summed E-state index contributed by atoms with van der Waals surface area (Å²) in [5, 5.41) is 2.72. The van der Waals surface area contributed by atoms with Crippen molar-refractivity contribution in [2.24, 2.45) is 0 Å². The molecule has 1 heterocycles. The molecule has 6 heteroatoms. The van der Waals surface area contributed by atoms with Crippen LogP contribution in [-0.2, 0) is 9.59 Å². The smallest absolute Gasteiger partial charge is 0.313 e. The summed E-state index contributed by atoms with van der Waals surface area (Å²) < 4.78 is 0. The highest BCUT2D eigenvalue weighted by Gasteiger charge is 2.26. The van der Waals surface area contributed by atoms with Gasteiger partial charge in [0.1, 0.15) is 0 Å². The Bertz CT molecular complexity index is 845. The molecule has 0 spiro atoms. The van der Waals surface area contributed by atoms with Gasteiger partial charge in [0.05, 0.1) is 0 Å². The third kappa shape index (κ3) is 4.45. The van der Waals surface area contributed by atoms with E-state index >= 15 is 0 Å². The van der Waals surface area contributed by atoms with E-state index in [0.717, 1.165) is 18.0 Å². The van der Waals surface area contributed by atoms with Crippen molar-refractivity contribution in [1.29, 1.82) is 0 Å². The van der Waals surface area contributed by atoms with Gasteiger partial charge in [-0.3, -0.25) is 9.59 Å². The number of nitrogens with zero attached hydrogens (tertiary/aromatic N) is 2. The van der Waals surface area contributed by atoms with E-state index in [1.807, 2.05) is 24.5 Å². The molecule has 0 bridgehead atoms. The molecule has 1 aliphatic rings. The molecule has 2 aromatic rings. The van der Waals surface area contributed by atoms with Gasteiger partial charge in [-0.2, -0.15) is 0 Å². The molecule has 1 fully saturated rings. The summed E-state index contributed by atoms with van der Waals surface area (Å²) in [6.45, 7) is 6.78. The number of carbonyl (C=O) groups excluding carboxylic acids is 2. The van der Waals surface area contributed by atoms with Crippen molar-refractivity contribution in [3.63, 3.8) is 0 Å². The fraction of sp³-hybridized carbons (Fsp3) is 0.333. The Morgan fingerprint density at radius 3 is 2.41 bits per heavy atom. The first-order chi connectivity index (χ1) is 13.0. The molecule has 1 aliphatic heterocycles. The fourth-order valence-electron chi connectivity index (χ4n) is 3.26. The summed E-state index contributed by atoms with van der Waals surface area (Å²) in [6.07, 6.45) is 1.97. The summed E-state index contributed by atoms with van der Waals surface area (Å²) in [5.74, 6) is -1.04. The molecule has 1 saturated heterocycles. The molecule has 0 atom stereocenters. The molecule has 0 radical (unpaired) electrons. The van der Waals surface area contributed by atoms with Crippen LogP contribution in [0.5, 0.6) is 0 Å². The molecule has 27 heavy (non-hydrogen) atoms. The lowest BCUT2D eigenvalue weighted by Crippen LogP contribution is -2.51. The quantitative estimate of drug-likeness (QED) is 0.653. The lowest BCUT2D eigenvalue weighted by Gasteiger charge is -2.36. The number of thioether (sulfide) groups is 1. The van der Waals surface area contributed by atoms with Gasteiger partial charge in [-0.25, -0.2) is 0 Å². The Hall–Kier alpha value is -2.47. The average molecular weight is 384 g/mol. The van der Waals surface area contributed by atoms with Gasteiger partial charge in [0, 0.05) is 42.4 Å². The van der Waals surface area contributed by atoms with Gasteiger partial charge >= 0.3 is 11.8 Å². The van der Waals surface area contributed by atoms with Crippen molar-refractivity contribution in [2.45, 2.75) is 18.7 Å². The highest BCUT2D eigenvalue weighted by Crippen LogP contribution is 2.24. The SMILES string of the molecule is CSc1cccc(NC(=O)C(=O)N2CCN(c3cccc(C)c3C)CC2)c1. The van der Waals surface area contributed by atoms with Crippen LogP contribution in [0.25, 0.3) is 0 Å². The Morgan fingerprint density at radius 2 is 1.70 bits per heavy atom. The normalized spacial score (nSPS) is 14.2. The molecule has 1 N–H and O–H groups in total. The van der Waals surface area contributed by atoms with Crippen LogP contribution < -0.4 is 10.2 Å². The van der Waals surface area contributed by atoms with Crippen LogP contribution in [0, 0.1) is 13.8 Å².